The van der Waals surface area contributed by atoms with Crippen LogP contribution in [0.5, 0.6) is 0 Å². The molecule has 1 N–H and O–H groups in total. The van der Waals surface area contributed by atoms with Crippen LogP contribution >= 0.6 is 11.3 Å². The number of fused-ring (bicyclic) bond motifs is 1. The van der Waals surface area contributed by atoms with Crippen molar-refractivity contribution in [2.75, 3.05) is 0 Å². The van der Waals surface area contributed by atoms with Gasteiger partial charge in [-0.1, -0.05) is 60.7 Å². The Labute approximate surface area is 228 Å². The number of aliphatic hydroxyl groups excluding tert-OH is 1. The number of thiazole rings is 1. The Morgan fingerprint density at radius 1 is 1.03 bits per heavy atom. The molecule has 0 fully saturated rings. The molecule has 1 atom stereocenters. The van der Waals surface area contributed by atoms with Gasteiger partial charge in [-0.05, 0) is 30.7 Å². The maximum atomic E-state index is 14.2. The molecule has 39 heavy (non-hydrogen) atoms. The highest BCUT2D eigenvalue weighted by Gasteiger charge is 2.45. The van der Waals surface area contributed by atoms with Gasteiger partial charge in [0.05, 0.1) is 22.2 Å². The van der Waals surface area contributed by atoms with E-state index in [1.807, 2.05) is 72.4 Å². The van der Waals surface area contributed by atoms with Crippen LogP contribution in [0, 0.1) is 12.7 Å². The van der Waals surface area contributed by atoms with E-state index in [-0.39, 0.29) is 17.9 Å². The number of hydrogen-bond acceptors (Lipinski definition) is 5. The third-order valence-corrected chi connectivity index (χ3v) is 8.27. The van der Waals surface area contributed by atoms with Crippen molar-refractivity contribution < 1.29 is 19.1 Å². The molecule has 3 heterocycles. The number of Topliss-reactive ketones (excluding diaryl/α,β-unsaturated/α-hetero) is 1. The molecular formula is C31H24FN3O3S. The van der Waals surface area contributed by atoms with Gasteiger partial charge in [0.1, 0.15) is 10.8 Å². The van der Waals surface area contributed by atoms with E-state index < -0.39 is 23.5 Å². The van der Waals surface area contributed by atoms with Crippen molar-refractivity contribution in [1.29, 1.82) is 0 Å². The number of aryl methyl sites for hydroxylation is 2. The minimum atomic E-state index is -0.845. The Bertz CT molecular complexity index is 1770. The summed E-state index contributed by atoms with van der Waals surface area (Å²) in [6.45, 7) is 1.85. The van der Waals surface area contributed by atoms with Crippen molar-refractivity contribution in [2.45, 2.75) is 19.5 Å². The van der Waals surface area contributed by atoms with Gasteiger partial charge in [0.15, 0.2) is 5.76 Å². The van der Waals surface area contributed by atoms with Gasteiger partial charge in [0, 0.05) is 41.8 Å². The zero-order valence-electron chi connectivity index (χ0n) is 21.3. The van der Waals surface area contributed by atoms with Crippen LogP contribution in [-0.4, -0.2) is 31.2 Å². The average Bonchev–Trinajstić information content (AvgIpc) is 3.58. The van der Waals surface area contributed by atoms with E-state index >= 15 is 0 Å². The van der Waals surface area contributed by atoms with Crippen molar-refractivity contribution in [3.63, 3.8) is 0 Å². The highest BCUT2D eigenvalue weighted by atomic mass is 32.1. The molecular weight excluding hydrogens is 513 g/mol. The second-order valence-corrected chi connectivity index (χ2v) is 10.6. The fraction of sp³-hybridized carbons (Fsp3) is 0.129. The summed E-state index contributed by atoms with van der Waals surface area (Å²) < 4.78 is 15.5. The topological polar surface area (TPSA) is 75.4 Å². The van der Waals surface area contributed by atoms with Crippen LogP contribution in [0.1, 0.15) is 32.5 Å². The molecule has 2 aromatic heterocycles. The number of rotatable bonds is 6. The summed E-state index contributed by atoms with van der Waals surface area (Å²) in [6.07, 6.45) is 1.89. The number of para-hydroxylation sites is 1. The summed E-state index contributed by atoms with van der Waals surface area (Å²) >= 11 is 1.24. The third kappa shape index (κ3) is 4.23. The monoisotopic (exact) mass is 537 g/mol. The van der Waals surface area contributed by atoms with Crippen molar-refractivity contribution in [2.24, 2.45) is 7.05 Å². The molecule has 0 aliphatic carbocycles. The van der Waals surface area contributed by atoms with Crippen LogP contribution in [-0.2, 0) is 18.4 Å². The molecule has 0 saturated carbocycles. The zero-order chi connectivity index (χ0) is 27.3. The molecule has 5 aromatic rings. The molecule has 0 spiro atoms. The molecule has 6 nitrogen and oxygen atoms in total. The molecule has 194 valence electrons. The second kappa shape index (κ2) is 9.63. The fourth-order valence-corrected chi connectivity index (χ4v) is 6.21. The van der Waals surface area contributed by atoms with Gasteiger partial charge in [0.25, 0.3) is 5.91 Å². The van der Waals surface area contributed by atoms with Gasteiger partial charge in [-0.3, -0.25) is 9.59 Å². The Morgan fingerprint density at radius 2 is 1.72 bits per heavy atom. The standard InChI is InChI=1S/C31H24FN3O3S/c1-18-29(39-30(33-18)20-8-4-3-5-9-20)27(36)25-26(23-17-34(2)24-11-7-6-10-22(23)24)35(31(38)28(25)37)16-19-12-14-21(32)15-13-19/h3-15,17,26,37H,16H2,1-2H3. The summed E-state index contributed by atoms with van der Waals surface area (Å²) in [5.74, 6) is -2.04. The normalized spacial score (nSPS) is 15.5. The van der Waals surface area contributed by atoms with Crippen molar-refractivity contribution in [3.05, 3.63) is 124 Å². The van der Waals surface area contributed by atoms with E-state index in [2.05, 4.69) is 4.98 Å². The maximum absolute atomic E-state index is 14.2. The summed E-state index contributed by atoms with van der Waals surface area (Å²) in [7, 11) is 1.90. The van der Waals surface area contributed by atoms with Gasteiger partial charge in [-0.15, -0.1) is 11.3 Å². The lowest BCUT2D eigenvalue weighted by Gasteiger charge is -2.26. The number of aliphatic hydroxyl groups is 1. The lowest BCUT2D eigenvalue weighted by molar-refractivity contribution is -0.130. The molecule has 3 aromatic carbocycles. The lowest BCUT2D eigenvalue weighted by Crippen LogP contribution is -2.30. The summed E-state index contributed by atoms with van der Waals surface area (Å²) in [6, 6.07) is 22.3. The van der Waals surface area contributed by atoms with Crippen molar-refractivity contribution in [1.82, 2.24) is 14.5 Å². The Hall–Kier alpha value is -4.56. The minimum absolute atomic E-state index is 0.0184. The van der Waals surface area contributed by atoms with Crippen LogP contribution in [0.25, 0.3) is 21.5 Å². The predicted octanol–water partition coefficient (Wildman–Crippen LogP) is 6.53. The average molecular weight is 538 g/mol. The molecule has 6 rings (SSSR count). The van der Waals surface area contributed by atoms with E-state index in [4.69, 9.17) is 0 Å². The molecule has 1 aliphatic rings. The summed E-state index contributed by atoms with van der Waals surface area (Å²) in [5.41, 5.74) is 3.77. The van der Waals surface area contributed by atoms with Crippen LogP contribution in [0.2, 0.25) is 0 Å². The van der Waals surface area contributed by atoms with E-state index in [9.17, 15) is 19.1 Å². The molecule has 8 heteroatoms. The fourth-order valence-electron chi connectivity index (χ4n) is 5.18. The maximum Gasteiger partial charge on any atom is 0.290 e. The van der Waals surface area contributed by atoms with Crippen LogP contribution in [0.3, 0.4) is 0 Å². The third-order valence-electron chi connectivity index (χ3n) is 7.06. The largest absolute Gasteiger partial charge is 0.503 e. The number of hydrogen-bond donors (Lipinski definition) is 1. The number of halogens is 1. The predicted molar refractivity (Wildman–Crippen MR) is 149 cm³/mol. The Kier molecular flexibility index (Phi) is 6.12. The minimum Gasteiger partial charge on any atom is -0.503 e. The Morgan fingerprint density at radius 3 is 2.46 bits per heavy atom. The van der Waals surface area contributed by atoms with Gasteiger partial charge < -0.3 is 14.6 Å². The number of benzene rings is 3. The van der Waals surface area contributed by atoms with Crippen LogP contribution < -0.4 is 0 Å². The van der Waals surface area contributed by atoms with Crippen LogP contribution in [0.15, 0.2) is 96.4 Å². The van der Waals surface area contributed by atoms with Crippen molar-refractivity contribution >= 4 is 33.9 Å². The highest BCUT2D eigenvalue weighted by Crippen LogP contribution is 2.44. The first-order chi connectivity index (χ1) is 18.8. The van der Waals surface area contributed by atoms with Gasteiger partial charge in [-0.25, -0.2) is 9.37 Å². The number of carbonyl (C=O) groups is 2. The number of ketones is 1. The number of aromatic nitrogens is 2. The molecule has 1 amide bonds. The van der Waals surface area contributed by atoms with Crippen LogP contribution in [0.4, 0.5) is 4.39 Å². The molecule has 0 saturated heterocycles. The zero-order valence-corrected chi connectivity index (χ0v) is 22.1. The number of amides is 1. The summed E-state index contributed by atoms with van der Waals surface area (Å²) in [4.78, 5) is 34.2. The van der Waals surface area contributed by atoms with Gasteiger partial charge >= 0.3 is 0 Å². The van der Waals surface area contributed by atoms with E-state index in [0.29, 0.717) is 21.1 Å². The number of carbonyl (C=O) groups excluding carboxylic acids is 2. The van der Waals surface area contributed by atoms with E-state index in [1.54, 1.807) is 19.1 Å². The van der Waals surface area contributed by atoms with E-state index in [1.165, 1.54) is 28.4 Å². The SMILES string of the molecule is Cc1nc(-c2ccccc2)sc1C(=O)C1=C(O)C(=O)N(Cc2ccc(F)cc2)C1c1cn(C)c2ccccc12. The molecule has 1 unspecified atom stereocenters. The molecule has 0 radical (unpaired) electrons. The first-order valence-electron chi connectivity index (χ1n) is 12.4. The summed E-state index contributed by atoms with van der Waals surface area (Å²) in [5, 5.41) is 12.7. The quantitative estimate of drug-likeness (QED) is 0.250. The first-order valence-corrected chi connectivity index (χ1v) is 13.2. The first kappa shape index (κ1) is 24.8. The molecule has 0 bridgehead atoms. The number of nitrogens with zero attached hydrogens (tertiary/aromatic N) is 3. The smallest absolute Gasteiger partial charge is 0.290 e. The molecule has 1 aliphatic heterocycles. The lowest BCUT2D eigenvalue weighted by atomic mass is 9.94. The van der Waals surface area contributed by atoms with Crippen molar-refractivity contribution in [3.8, 4) is 10.6 Å². The van der Waals surface area contributed by atoms with E-state index in [0.717, 1.165) is 22.0 Å². The van der Waals surface area contributed by atoms with Gasteiger partial charge in [0.2, 0.25) is 5.78 Å². The van der Waals surface area contributed by atoms with Gasteiger partial charge in [-0.2, -0.15) is 0 Å². The second-order valence-electron chi connectivity index (χ2n) is 9.57. The Balaban J connectivity index is 1.49. The highest BCUT2D eigenvalue weighted by molar-refractivity contribution is 7.17.